The molecule has 0 radical (unpaired) electrons. The Bertz CT molecular complexity index is 568. The lowest BCUT2D eigenvalue weighted by molar-refractivity contribution is -0.137. The summed E-state index contributed by atoms with van der Waals surface area (Å²) in [6.07, 6.45) is -0.883. The summed E-state index contributed by atoms with van der Waals surface area (Å²) in [7, 11) is 1.68. The molecule has 4 nitrogen and oxygen atoms in total. The Morgan fingerprint density at radius 3 is 2.56 bits per heavy atom. The Hall–Kier alpha value is -1.76. The smallest absolute Gasteiger partial charge is 0.417 e. The molecule has 0 bridgehead atoms. The standard InChI is InChI=1S/C10H7ClF3N3O/c1-17-5-7(4-16-17)18-9-8(11)2-6(3-15-9)10(12,13)14/h2-5H,1H3. The third kappa shape index (κ3) is 2.73. The fourth-order valence-electron chi connectivity index (χ4n) is 1.22. The van der Waals surface area contributed by atoms with Crippen molar-refractivity contribution in [3.05, 3.63) is 35.2 Å². The highest BCUT2D eigenvalue weighted by molar-refractivity contribution is 6.31. The van der Waals surface area contributed by atoms with Gasteiger partial charge in [-0.25, -0.2) is 4.98 Å². The lowest BCUT2D eigenvalue weighted by atomic mass is 10.3. The zero-order valence-electron chi connectivity index (χ0n) is 9.07. The maximum absolute atomic E-state index is 12.4. The summed E-state index contributed by atoms with van der Waals surface area (Å²) in [6, 6.07) is 0.764. The molecule has 8 heteroatoms. The lowest BCUT2D eigenvalue weighted by Gasteiger charge is -2.08. The Morgan fingerprint density at radius 1 is 1.33 bits per heavy atom. The molecule has 0 saturated heterocycles. The molecule has 2 heterocycles. The Labute approximate surface area is 105 Å². The van der Waals surface area contributed by atoms with Gasteiger partial charge >= 0.3 is 6.18 Å². The Morgan fingerprint density at radius 2 is 2.06 bits per heavy atom. The monoisotopic (exact) mass is 277 g/mol. The molecule has 0 saturated carbocycles. The minimum atomic E-state index is -4.48. The van der Waals surface area contributed by atoms with Crippen LogP contribution in [0.25, 0.3) is 0 Å². The van der Waals surface area contributed by atoms with Crippen LogP contribution in [0.5, 0.6) is 11.6 Å². The summed E-state index contributed by atoms with van der Waals surface area (Å²) < 4.78 is 43.8. The van der Waals surface area contributed by atoms with Crippen LogP contribution in [-0.4, -0.2) is 14.8 Å². The van der Waals surface area contributed by atoms with Gasteiger partial charge in [-0.05, 0) is 6.07 Å². The van der Waals surface area contributed by atoms with Crippen molar-refractivity contribution in [1.29, 1.82) is 0 Å². The highest BCUT2D eigenvalue weighted by Crippen LogP contribution is 2.34. The second-order valence-corrected chi connectivity index (χ2v) is 3.87. The van der Waals surface area contributed by atoms with Crippen LogP contribution in [0.3, 0.4) is 0 Å². The van der Waals surface area contributed by atoms with E-state index in [0.29, 0.717) is 11.9 Å². The predicted molar refractivity (Wildman–Crippen MR) is 57.5 cm³/mol. The fraction of sp³-hybridized carbons (Fsp3) is 0.200. The molecule has 0 aromatic carbocycles. The fourth-order valence-corrected chi connectivity index (χ4v) is 1.42. The van der Waals surface area contributed by atoms with E-state index >= 15 is 0 Å². The number of aromatic nitrogens is 3. The molecule has 2 rings (SSSR count). The summed E-state index contributed by atoms with van der Waals surface area (Å²) in [6.45, 7) is 0. The van der Waals surface area contributed by atoms with Crippen molar-refractivity contribution in [1.82, 2.24) is 14.8 Å². The summed E-state index contributed by atoms with van der Waals surface area (Å²) in [5.41, 5.74) is -0.925. The third-order valence-electron chi connectivity index (χ3n) is 2.03. The van der Waals surface area contributed by atoms with E-state index in [1.807, 2.05) is 0 Å². The van der Waals surface area contributed by atoms with Crippen LogP contribution in [0.15, 0.2) is 24.7 Å². The van der Waals surface area contributed by atoms with Crippen LogP contribution >= 0.6 is 11.6 Å². The number of ether oxygens (including phenoxy) is 1. The molecule has 0 unspecified atom stereocenters. The van der Waals surface area contributed by atoms with E-state index in [1.165, 1.54) is 17.1 Å². The van der Waals surface area contributed by atoms with Crippen LogP contribution in [-0.2, 0) is 13.2 Å². The minimum Gasteiger partial charge on any atom is -0.434 e. The van der Waals surface area contributed by atoms with Crippen molar-refractivity contribution in [3.8, 4) is 11.6 Å². The minimum absolute atomic E-state index is 0.0994. The van der Waals surface area contributed by atoms with E-state index in [9.17, 15) is 13.2 Å². The molecular weight excluding hydrogens is 271 g/mol. The van der Waals surface area contributed by atoms with Gasteiger partial charge in [-0.15, -0.1) is 0 Å². The first-order valence-corrected chi connectivity index (χ1v) is 5.13. The van der Waals surface area contributed by atoms with Crippen molar-refractivity contribution in [2.24, 2.45) is 7.05 Å². The van der Waals surface area contributed by atoms with Crippen LogP contribution in [0.2, 0.25) is 5.02 Å². The average molecular weight is 278 g/mol. The Balaban J connectivity index is 2.25. The number of nitrogens with zero attached hydrogens (tertiary/aromatic N) is 3. The topological polar surface area (TPSA) is 39.9 Å². The highest BCUT2D eigenvalue weighted by atomic mass is 35.5. The first-order valence-electron chi connectivity index (χ1n) is 4.75. The summed E-state index contributed by atoms with van der Waals surface area (Å²) in [5, 5.41) is 3.63. The largest absolute Gasteiger partial charge is 0.434 e. The summed E-state index contributed by atoms with van der Waals surface area (Å²) >= 11 is 5.68. The molecule has 2 aromatic heterocycles. The normalized spacial score (nSPS) is 11.6. The van der Waals surface area contributed by atoms with Crippen molar-refractivity contribution >= 4 is 11.6 Å². The van der Waals surface area contributed by atoms with E-state index < -0.39 is 11.7 Å². The number of aryl methyl sites for hydroxylation is 1. The van der Waals surface area contributed by atoms with Crippen LogP contribution in [0.1, 0.15) is 5.56 Å². The second kappa shape index (κ2) is 4.49. The molecule has 0 amide bonds. The van der Waals surface area contributed by atoms with Gasteiger partial charge in [0.05, 0.1) is 18.0 Å². The van der Waals surface area contributed by atoms with Gasteiger partial charge in [-0.1, -0.05) is 11.6 Å². The summed E-state index contributed by atoms with van der Waals surface area (Å²) in [4.78, 5) is 3.54. The van der Waals surface area contributed by atoms with Crippen molar-refractivity contribution in [3.63, 3.8) is 0 Å². The highest BCUT2D eigenvalue weighted by Gasteiger charge is 2.31. The number of rotatable bonds is 2. The van der Waals surface area contributed by atoms with Crippen molar-refractivity contribution in [2.45, 2.75) is 6.18 Å². The summed E-state index contributed by atoms with van der Waals surface area (Å²) in [5.74, 6) is 0.240. The molecule has 0 spiro atoms. The number of alkyl halides is 3. The lowest BCUT2D eigenvalue weighted by Crippen LogP contribution is -2.05. The zero-order valence-corrected chi connectivity index (χ0v) is 9.83. The zero-order chi connectivity index (χ0) is 13.3. The number of hydrogen-bond donors (Lipinski definition) is 0. The molecule has 0 N–H and O–H groups in total. The van der Waals surface area contributed by atoms with Crippen LogP contribution in [0.4, 0.5) is 13.2 Å². The first-order chi connectivity index (χ1) is 8.36. The molecule has 96 valence electrons. The van der Waals surface area contributed by atoms with Gasteiger partial charge in [0.1, 0.15) is 5.02 Å². The molecule has 0 aliphatic heterocycles. The SMILES string of the molecule is Cn1cc(Oc2ncc(C(F)(F)F)cc2Cl)cn1. The maximum atomic E-state index is 12.4. The van der Waals surface area contributed by atoms with Gasteiger partial charge < -0.3 is 4.74 Å². The molecule has 2 aromatic rings. The van der Waals surface area contributed by atoms with E-state index in [1.54, 1.807) is 7.05 Å². The molecule has 0 aliphatic carbocycles. The molecule has 0 atom stereocenters. The van der Waals surface area contributed by atoms with E-state index in [-0.39, 0.29) is 10.9 Å². The number of hydrogen-bond acceptors (Lipinski definition) is 3. The van der Waals surface area contributed by atoms with Gasteiger partial charge in [-0.3, -0.25) is 4.68 Å². The molecule has 0 aliphatic rings. The molecule has 18 heavy (non-hydrogen) atoms. The van der Waals surface area contributed by atoms with E-state index in [0.717, 1.165) is 6.07 Å². The van der Waals surface area contributed by atoms with Crippen molar-refractivity contribution in [2.75, 3.05) is 0 Å². The third-order valence-corrected chi connectivity index (χ3v) is 2.30. The molecular formula is C10H7ClF3N3O. The predicted octanol–water partition coefficient (Wildman–Crippen LogP) is 3.28. The quantitative estimate of drug-likeness (QED) is 0.846. The first kappa shape index (κ1) is 12.7. The van der Waals surface area contributed by atoms with E-state index in [2.05, 4.69) is 10.1 Å². The van der Waals surface area contributed by atoms with E-state index in [4.69, 9.17) is 16.3 Å². The number of pyridine rings is 1. The van der Waals surface area contributed by atoms with Gasteiger partial charge in [-0.2, -0.15) is 18.3 Å². The maximum Gasteiger partial charge on any atom is 0.417 e. The Kier molecular flexibility index (Phi) is 3.16. The van der Waals surface area contributed by atoms with Crippen molar-refractivity contribution < 1.29 is 17.9 Å². The van der Waals surface area contributed by atoms with Gasteiger partial charge in [0.15, 0.2) is 5.75 Å². The second-order valence-electron chi connectivity index (χ2n) is 3.46. The van der Waals surface area contributed by atoms with Gasteiger partial charge in [0.25, 0.3) is 0 Å². The van der Waals surface area contributed by atoms with Crippen LogP contribution < -0.4 is 4.74 Å². The number of halogens is 4. The average Bonchev–Trinajstić information content (AvgIpc) is 2.65. The van der Waals surface area contributed by atoms with Gasteiger partial charge in [0, 0.05) is 13.2 Å². The molecule has 0 fully saturated rings. The van der Waals surface area contributed by atoms with Gasteiger partial charge in [0.2, 0.25) is 5.88 Å². The van der Waals surface area contributed by atoms with Crippen LogP contribution in [0, 0.1) is 0 Å².